The van der Waals surface area contributed by atoms with Gasteiger partial charge < -0.3 is 15.5 Å². The van der Waals surface area contributed by atoms with Gasteiger partial charge in [-0.2, -0.15) is 5.26 Å². The maximum Gasteiger partial charge on any atom is 0.266 e. The van der Waals surface area contributed by atoms with E-state index in [0.717, 1.165) is 19.6 Å². The molecule has 1 heterocycles. The van der Waals surface area contributed by atoms with Gasteiger partial charge >= 0.3 is 0 Å². The minimum atomic E-state index is -0.327. The van der Waals surface area contributed by atoms with Crippen LogP contribution in [0.3, 0.4) is 0 Å². The molecular weight excluding hydrogens is 330 g/mol. The molecule has 0 spiro atoms. The van der Waals surface area contributed by atoms with Crippen LogP contribution in [0.2, 0.25) is 0 Å². The van der Waals surface area contributed by atoms with Crippen molar-refractivity contribution >= 4 is 12.3 Å². The zero-order chi connectivity index (χ0) is 18.8. The minimum absolute atomic E-state index is 0.0226. The summed E-state index contributed by atoms with van der Waals surface area (Å²) in [5, 5.41) is 9.30. The second-order valence-electron chi connectivity index (χ2n) is 6.19. The smallest absolute Gasteiger partial charge is 0.266 e. The van der Waals surface area contributed by atoms with Crippen LogP contribution in [0, 0.1) is 11.3 Å². The van der Waals surface area contributed by atoms with Gasteiger partial charge in [-0.15, -0.1) is 0 Å². The predicted octanol–water partition coefficient (Wildman–Crippen LogP) is 0.545. The van der Waals surface area contributed by atoms with Gasteiger partial charge in [-0.25, -0.2) is 0 Å². The molecule has 2 amide bonds. The van der Waals surface area contributed by atoms with Crippen molar-refractivity contribution in [2.75, 3.05) is 39.3 Å². The Morgan fingerprint density at radius 3 is 2.50 bits per heavy atom. The Balaban J connectivity index is 1.91. The number of benzene rings is 1. The van der Waals surface area contributed by atoms with E-state index in [1.165, 1.54) is 16.7 Å². The van der Waals surface area contributed by atoms with Crippen LogP contribution in [0.25, 0.3) is 0 Å². The Morgan fingerprint density at radius 1 is 1.23 bits per heavy atom. The molecule has 7 nitrogen and oxygen atoms in total. The number of nitrogens with two attached hydrogens (primary N) is 1. The summed E-state index contributed by atoms with van der Waals surface area (Å²) in [4.78, 5) is 28.9. The van der Waals surface area contributed by atoms with Gasteiger partial charge in [0.05, 0.1) is 0 Å². The molecule has 0 atom stereocenters. The topological polar surface area (TPSA) is 93.7 Å². The van der Waals surface area contributed by atoms with Crippen molar-refractivity contribution in [3.8, 4) is 6.07 Å². The molecule has 1 fully saturated rings. The summed E-state index contributed by atoms with van der Waals surface area (Å²) in [5.41, 5.74) is 6.65. The molecule has 0 radical (unpaired) electrons. The van der Waals surface area contributed by atoms with Crippen molar-refractivity contribution in [3.63, 3.8) is 0 Å². The molecule has 0 saturated carbocycles. The van der Waals surface area contributed by atoms with Crippen molar-refractivity contribution in [3.05, 3.63) is 47.7 Å². The number of carbonyl (C=O) groups excluding carboxylic acids is 2. The van der Waals surface area contributed by atoms with Gasteiger partial charge in [0.25, 0.3) is 5.91 Å². The molecule has 1 saturated heterocycles. The first-order valence-corrected chi connectivity index (χ1v) is 8.76. The molecular formula is C19H25N5O2. The summed E-state index contributed by atoms with van der Waals surface area (Å²) in [7, 11) is 0. The van der Waals surface area contributed by atoms with Crippen LogP contribution in [0.15, 0.2) is 42.1 Å². The first-order valence-electron chi connectivity index (χ1n) is 8.76. The molecule has 0 aromatic heterocycles. The van der Waals surface area contributed by atoms with E-state index in [4.69, 9.17) is 5.73 Å². The fraction of sp³-hybridized carbons (Fsp3) is 0.421. The minimum Gasteiger partial charge on any atom is -0.335 e. The Hall–Kier alpha value is -2.69. The van der Waals surface area contributed by atoms with Crippen LogP contribution in [-0.4, -0.2) is 66.3 Å². The summed E-state index contributed by atoms with van der Waals surface area (Å²) in [6, 6.07) is 12.1. The molecule has 2 rings (SSSR count). The van der Waals surface area contributed by atoms with E-state index in [0.29, 0.717) is 39.0 Å². The number of amides is 2. The van der Waals surface area contributed by atoms with Crippen LogP contribution in [0.5, 0.6) is 0 Å². The summed E-state index contributed by atoms with van der Waals surface area (Å²) in [6.07, 6.45) is 2.54. The molecule has 2 N–H and O–H groups in total. The van der Waals surface area contributed by atoms with E-state index in [9.17, 15) is 14.9 Å². The van der Waals surface area contributed by atoms with Gasteiger partial charge in [0, 0.05) is 45.5 Å². The maximum absolute atomic E-state index is 12.6. The fourth-order valence-corrected chi connectivity index (χ4v) is 2.84. The van der Waals surface area contributed by atoms with Crippen LogP contribution in [0.1, 0.15) is 12.0 Å². The SMILES string of the molecule is N#C/C(=C/N(C=O)CCCN)C(=O)N1CCN(Cc2ccccc2)CC1. The lowest BCUT2D eigenvalue weighted by molar-refractivity contribution is -0.128. The molecule has 138 valence electrons. The van der Waals surface area contributed by atoms with Crippen LogP contribution in [0.4, 0.5) is 0 Å². The monoisotopic (exact) mass is 355 g/mol. The Morgan fingerprint density at radius 2 is 1.92 bits per heavy atom. The van der Waals surface area contributed by atoms with E-state index < -0.39 is 0 Å². The highest BCUT2D eigenvalue weighted by atomic mass is 16.2. The number of carbonyl (C=O) groups is 2. The van der Waals surface area contributed by atoms with Crippen molar-refractivity contribution in [1.82, 2.24) is 14.7 Å². The maximum atomic E-state index is 12.6. The summed E-state index contributed by atoms with van der Waals surface area (Å²) in [5.74, 6) is -0.327. The molecule has 1 aliphatic heterocycles. The number of nitrogens with zero attached hydrogens (tertiary/aromatic N) is 4. The van der Waals surface area contributed by atoms with E-state index in [1.54, 1.807) is 4.90 Å². The third-order valence-electron chi connectivity index (χ3n) is 4.31. The van der Waals surface area contributed by atoms with Gasteiger partial charge in [0.2, 0.25) is 6.41 Å². The van der Waals surface area contributed by atoms with E-state index in [-0.39, 0.29) is 11.5 Å². The summed E-state index contributed by atoms with van der Waals surface area (Å²) in [6.45, 7) is 4.32. The molecule has 1 aliphatic rings. The molecule has 1 aromatic rings. The van der Waals surface area contributed by atoms with Crippen LogP contribution < -0.4 is 5.73 Å². The number of hydrogen-bond acceptors (Lipinski definition) is 5. The van der Waals surface area contributed by atoms with E-state index in [1.807, 2.05) is 24.3 Å². The second-order valence-corrected chi connectivity index (χ2v) is 6.19. The highest BCUT2D eigenvalue weighted by molar-refractivity contribution is 5.97. The Bertz CT molecular complexity index is 660. The van der Waals surface area contributed by atoms with Crippen LogP contribution >= 0.6 is 0 Å². The standard InChI is InChI=1S/C19H25N5O2/c20-7-4-8-23(16-25)15-18(13-21)19(26)24-11-9-22(10-12-24)14-17-5-2-1-3-6-17/h1-3,5-6,15-16H,4,7-12,14,20H2/b18-15-. The van der Waals surface area contributed by atoms with Crippen molar-refractivity contribution in [2.45, 2.75) is 13.0 Å². The van der Waals surface area contributed by atoms with E-state index >= 15 is 0 Å². The van der Waals surface area contributed by atoms with Gasteiger partial charge in [-0.05, 0) is 18.5 Å². The lowest BCUT2D eigenvalue weighted by atomic mass is 10.2. The highest BCUT2D eigenvalue weighted by Crippen LogP contribution is 2.11. The van der Waals surface area contributed by atoms with Gasteiger partial charge in [0.15, 0.2) is 0 Å². The zero-order valence-electron chi connectivity index (χ0n) is 14.9. The van der Waals surface area contributed by atoms with Gasteiger partial charge in [-0.3, -0.25) is 14.5 Å². The molecule has 0 aliphatic carbocycles. The third-order valence-corrected chi connectivity index (χ3v) is 4.31. The predicted molar refractivity (Wildman–Crippen MR) is 98.4 cm³/mol. The van der Waals surface area contributed by atoms with Gasteiger partial charge in [0.1, 0.15) is 11.6 Å². The second kappa shape index (κ2) is 10.3. The summed E-state index contributed by atoms with van der Waals surface area (Å²) < 4.78 is 0. The quantitative estimate of drug-likeness (QED) is 0.417. The number of rotatable bonds is 8. The van der Waals surface area contributed by atoms with E-state index in [2.05, 4.69) is 17.0 Å². The average Bonchev–Trinajstić information content (AvgIpc) is 2.69. The van der Waals surface area contributed by atoms with Crippen LogP contribution in [-0.2, 0) is 16.1 Å². The molecule has 0 unspecified atom stereocenters. The molecule has 1 aromatic carbocycles. The third kappa shape index (κ3) is 5.69. The first-order chi connectivity index (χ1) is 12.7. The Kier molecular flexibility index (Phi) is 7.80. The average molecular weight is 355 g/mol. The van der Waals surface area contributed by atoms with Crippen molar-refractivity contribution in [1.29, 1.82) is 5.26 Å². The fourth-order valence-electron chi connectivity index (χ4n) is 2.84. The number of hydrogen-bond donors (Lipinski definition) is 1. The number of piperazine rings is 1. The summed E-state index contributed by atoms with van der Waals surface area (Å²) >= 11 is 0. The Labute approximate surface area is 154 Å². The number of nitriles is 1. The van der Waals surface area contributed by atoms with Gasteiger partial charge in [-0.1, -0.05) is 30.3 Å². The molecule has 0 bridgehead atoms. The van der Waals surface area contributed by atoms with Crippen molar-refractivity contribution < 1.29 is 9.59 Å². The first kappa shape index (κ1) is 19.6. The largest absolute Gasteiger partial charge is 0.335 e. The lowest BCUT2D eigenvalue weighted by Crippen LogP contribution is -2.48. The molecule has 26 heavy (non-hydrogen) atoms. The molecule has 7 heteroatoms. The zero-order valence-corrected chi connectivity index (χ0v) is 14.9. The highest BCUT2D eigenvalue weighted by Gasteiger charge is 2.24. The lowest BCUT2D eigenvalue weighted by Gasteiger charge is -2.34. The van der Waals surface area contributed by atoms with Crippen molar-refractivity contribution in [2.24, 2.45) is 5.73 Å². The normalized spacial score (nSPS) is 15.4.